The van der Waals surface area contributed by atoms with Crippen LogP contribution in [0, 0.1) is 0 Å². The van der Waals surface area contributed by atoms with Crippen LogP contribution in [0.2, 0.25) is 0 Å². The Morgan fingerprint density at radius 2 is 0.810 bits per heavy atom. The number of rotatable bonds is 4. The minimum absolute atomic E-state index is 0.554. The fourth-order valence-electron chi connectivity index (χ4n) is 9.31. The van der Waals surface area contributed by atoms with Gasteiger partial charge >= 0.3 is 0 Å². The van der Waals surface area contributed by atoms with Crippen LogP contribution in [0.5, 0.6) is 11.5 Å². The summed E-state index contributed by atoms with van der Waals surface area (Å²) in [5.74, 6) is 3.33. The number of aromatic nitrogens is 3. The molecule has 0 saturated heterocycles. The quantitative estimate of drug-likeness (QED) is 0.180. The van der Waals surface area contributed by atoms with Gasteiger partial charge < -0.3 is 4.74 Å². The van der Waals surface area contributed by atoms with Gasteiger partial charge in [-0.05, 0) is 79.2 Å². The monoisotopic (exact) mass is 739 g/mol. The van der Waals surface area contributed by atoms with Crippen LogP contribution in [0.3, 0.4) is 0 Å². The van der Waals surface area contributed by atoms with Crippen LogP contribution in [0.15, 0.2) is 200 Å². The molecule has 0 radical (unpaired) electrons. The summed E-state index contributed by atoms with van der Waals surface area (Å²) in [6, 6.07) is 70.9. The van der Waals surface area contributed by atoms with E-state index in [0.717, 1.165) is 55.8 Å². The first-order valence-electron chi connectivity index (χ1n) is 19.7. The highest BCUT2D eigenvalue weighted by Crippen LogP contribution is 2.63. The van der Waals surface area contributed by atoms with Crippen molar-refractivity contribution in [1.82, 2.24) is 15.0 Å². The first-order valence-corrected chi connectivity index (χ1v) is 19.7. The van der Waals surface area contributed by atoms with Crippen LogP contribution in [-0.2, 0) is 5.41 Å². The third kappa shape index (κ3) is 4.85. The van der Waals surface area contributed by atoms with E-state index >= 15 is 0 Å². The van der Waals surface area contributed by atoms with Gasteiger partial charge in [-0.25, -0.2) is 15.0 Å². The van der Waals surface area contributed by atoms with Gasteiger partial charge in [-0.3, -0.25) is 0 Å². The summed E-state index contributed by atoms with van der Waals surface area (Å²) in [5, 5.41) is 4.74. The second-order valence-electron chi connectivity index (χ2n) is 15.1. The molecule has 4 nitrogen and oxygen atoms in total. The number of nitrogens with zero attached hydrogens (tertiary/aromatic N) is 3. The zero-order valence-electron chi connectivity index (χ0n) is 31.3. The van der Waals surface area contributed by atoms with E-state index in [1.165, 1.54) is 38.4 Å². The fraction of sp³-hybridized carbons (Fsp3) is 0.0185. The van der Waals surface area contributed by atoms with Gasteiger partial charge in [0.15, 0.2) is 17.5 Å². The van der Waals surface area contributed by atoms with Gasteiger partial charge in [0.05, 0.1) is 11.0 Å². The summed E-state index contributed by atoms with van der Waals surface area (Å²) in [6.45, 7) is 0. The van der Waals surface area contributed by atoms with Crippen LogP contribution in [0.4, 0.5) is 0 Å². The summed E-state index contributed by atoms with van der Waals surface area (Å²) in [5.41, 5.74) is 11.4. The minimum atomic E-state index is -0.632. The zero-order chi connectivity index (χ0) is 38.2. The smallest absolute Gasteiger partial charge is 0.167 e. The lowest BCUT2D eigenvalue weighted by molar-refractivity contribution is 0.438. The molecule has 2 heterocycles. The summed E-state index contributed by atoms with van der Waals surface area (Å²) in [4.78, 5) is 15.6. The average molecular weight is 740 g/mol. The molecule has 1 aromatic heterocycles. The van der Waals surface area contributed by atoms with Gasteiger partial charge in [-0.1, -0.05) is 176 Å². The predicted molar refractivity (Wildman–Crippen MR) is 234 cm³/mol. The lowest BCUT2D eigenvalue weighted by Gasteiger charge is -2.40. The van der Waals surface area contributed by atoms with Crippen LogP contribution >= 0.6 is 0 Å². The molecular weight excluding hydrogens is 707 g/mol. The molecule has 10 aromatic rings. The number of hydrogen-bond donors (Lipinski definition) is 0. The molecule has 0 bridgehead atoms. The SMILES string of the molecule is c1ccc(-c2nc(-c3ccc(-c4ccc5ccccc5c4)cc3)nc(-c3cccc4c3Oc3cc5ccccc5cc3C43c4ccccc4-c4ccccc43)n2)cc1. The molecule has 9 aromatic carbocycles. The summed E-state index contributed by atoms with van der Waals surface area (Å²) in [7, 11) is 0. The van der Waals surface area contributed by atoms with Crippen molar-refractivity contribution in [3.8, 4) is 67.9 Å². The van der Waals surface area contributed by atoms with Crippen molar-refractivity contribution in [1.29, 1.82) is 0 Å². The van der Waals surface area contributed by atoms with Gasteiger partial charge in [0.2, 0.25) is 0 Å². The standard InChI is InChI=1S/C54H33N3O/c1-2-14-36(15-3-1)51-55-52(37-28-25-35(26-29-37)41-30-27-34-13-4-5-16-38(34)31-41)57-53(56-51)44-21-12-24-47-50(44)58-49-33-40-18-7-6-17-39(40)32-48(49)54(47)45-22-10-8-19-42(45)43-20-9-11-23-46(43)54/h1-33H. The summed E-state index contributed by atoms with van der Waals surface area (Å²) < 4.78 is 7.17. The van der Waals surface area contributed by atoms with Crippen LogP contribution in [-0.4, -0.2) is 15.0 Å². The number of benzene rings is 9. The number of fused-ring (bicyclic) bond motifs is 11. The van der Waals surface area contributed by atoms with Crippen LogP contribution in [0.1, 0.15) is 22.3 Å². The maximum Gasteiger partial charge on any atom is 0.167 e. The highest BCUT2D eigenvalue weighted by atomic mass is 16.5. The lowest BCUT2D eigenvalue weighted by atomic mass is 9.65. The summed E-state index contributed by atoms with van der Waals surface area (Å²) >= 11 is 0. The van der Waals surface area contributed by atoms with Crippen LogP contribution < -0.4 is 4.74 Å². The molecule has 58 heavy (non-hydrogen) atoms. The molecule has 1 aliphatic heterocycles. The van der Waals surface area contributed by atoms with E-state index in [1.54, 1.807) is 0 Å². The van der Waals surface area contributed by atoms with E-state index in [4.69, 9.17) is 19.7 Å². The molecule has 0 unspecified atom stereocenters. The second kappa shape index (κ2) is 12.7. The van der Waals surface area contributed by atoms with Crippen molar-refractivity contribution < 1.29 is 4.74 Å². The van der Waals surface area contributed by atoms with Crippen molar-refractivity contribution in [2.75, 3.05) is 0 Å². The molecule has 270 valence electrons. The molecule has 0 fully saturated rings. The van der Waals surface area contributed by atoms with E-state index < -0.39 is 5.41 Å². The predicted octanol–water partition coefficient (Wildman–Crippen LogP) is 13.3. The van der Waals surface area contributed by atoms with Gasteiger partial charge in [0, 0.05) is 22.3 Å². The second-order valence-corrected chi connectivity index (χ2v) is 15.1. The molecule has 0 N–H and O–H groups in total. The van der Waals surface area contributed by atoms with Crippen molar-refractivity contribution in [3.05, 3.63) is 222 Å². The van der Waals surface area contributed by atoms with Gasteiger partial charge in [-0.2, -0.15) is 0 Å². The van der Waals surface area contributed by atoms with Crippen molar-refractivity contribution in [2.45, 2.75) is 5.41 Å². The Bertz CT molecular complexity index is 3220. The molecule has 0 atom stereocenters. The third-order valence-corrected chi connectivity index (χ3v) is 12.0. The number of ether oxygens (including phenoxy) is 1. The van der Waals surface area contributed by atoms with Gasteiger partial charge in [-0.15, -0.1) is 0 Å². The first-order chi connectivity index (χ1) is 28.7. The molecule has 12 rings (SSSR count). The summed E-state index contributed by atoms with van der Waals surface area (Å²) in [6.07, 6.45) is 0. The van der Waals surface area contributed by atoms with Crippen molar-refractivity contribution >= 4 is 21.5 Å². The normalized spacial score (nSPS) is 13.1. The van der Waals surface area contributed by atoms with E-state index in [1.807, 2.05) is 30.3 Å². The Kier molecular flexibility index (Phi) is 7.11. The van der Waals surface area contributed by atoms with E-state index in [0.29, 0.717) is 17.5 Å². The van der Waals surface area contributed by atoms with Crippen LogP contribution in [0.25, 0.3) is 78.0 Å². The molecule has 1 aliphatic carbocycles. The fourth-order valence-corrected chi connectivity index (χ4v) is 9.31. The average Bonchev–Trinajstić information content (AvgIpc) is 3.59. The largest absolute Gasteiger partial charge is 0.456 e. The number of hydrogen-bond acceptors (Lipinski definition) is 4. The highest BCUT2D eigenvalue weighted by Gasteiger charge is 2.51. The Morgan fingerprint density at radius 3 is 1.52 bits per heavy atom. The Hall–Kier alpha value is -7.69. The van der Waals surface area contributed by atoms with Crippen molar-refractivity contribution in [2.24, 2.45) is 0 Å². The zero-order valence-corrected chi connectivity index (χ0v) is 31.3. The molecule has 2 aliphatic rings. The maximum absolute atomic E-state index is 7.17. The minimum Gasteiger partial charge on any atom is -0.456 e. The lowest BCUT2D eigenvalue weighted by Crippen LogP contribution is -2.32. The Morgan fingerprint density at radius 1 is 0.310 bits per heavy atom. The van der Waals surface area contributed by atoms with E-state index in [2.05, 4.69) is 170 Å². The highest BCUT2D eigenvalue weighted by molar-refractivity contribution is 5.94. The topological polar surface area (TPSA) is 47.9 Å². The maximum atomic E-state index is 7.17. The van der Waals surface area contributed by atoms with Crippen molar-refractivity contribution in [3.63, 3.8) is 0 Å². The Balaban J connectivity index is 1.07. The Labute approximate surface area is 335 Å². The molecule has 0 amide bonds. The molecule has 4 heteroatoms. The third-order valence-electron chi connectivity index (χ3n) is 12.0. The van der Waals surface area contributed by atoms with E-state index in [-0.39, 0.29) is 0 Å². The molecular formula is C54H33N3O. The van der Waals surface area contributed by atoms with E-state index in [9.17, 15) is 0 Å². The van der Waals surface area contributed by atoms with Gasteiger partial charge in [0.25, 0.3) is 0 Å². The molecule has 0 saturated carbocycles. The number of para-hydroxylation sites is 1. The molecule has 1 spiro atoms. The first kappa shape index (κ1) is 32.5. The van der Waals surface area contributed by atoms with Gasteiger partial charge in [0.1, 0.15) is 11.5 Å².